The highest BCUT2D eigenvalue weighted by molar-refractivity contribution is 5.20. The Morgan fingerprint density at radius 1 is 1.13 bits per heavy atom. The van der Waals surface area contributed by atoms with Crippen LogP contribution >= 0.6 is 0 Å². The minimum atomic E-state index is 0.629. The maximum absolute atomic E-state index is 5.58. The Bertz CT molecular complexity index is 244. The fourth-order valence-corrected chi connectivity index (χ4v) is 1.53. The van der Waals surface area contributed by atoms with Crippen LogP contribution in [0.4, 0.5) is 0 Å². The molecule has 0 saturated heterocycles. The van der Waals surface area contributed by atoms with Gasteiger partial charge in [-0.3, -0.25) is 0 Å². The summed E-state index contributed by atoms with van der Waals surface area (Å²) in [6.07, 6.45) is 2.36. The van der Waals surface area contributed by atoms with Gasteiger partial charge in [0.2, 0.25) is 0 Å². The van der Waals surface area contributed by atoms with Crippen molar-refractivity contribution in [2.75, 3.05) is 13.2 Å². The molecule has 0 heterocycles. The Hall–Kier alpha value is -1.02. The molecule has 0 aliphatic carbocycles. The Balaban J connectivity index is 2.12. The zero-order chi connectivity index (χ0) is 10.9. The Labute approximate surface area is 92.6 Å². The highest BCUT2D eigenvalue weighted by Crippen LogP contribution is 2.07. The second-order valence-corrected chi connectivity index (χ2v) is 3.63. The summed E-state index contributed by atoms with van der Waals surface area (Å²) < 4.78 is 5.58. The lowest BCUT2D eigenvalue weighted by molar-refractivity contribution is 0.302. The Kier molecular flexibility index (Phi) is 5.86. The quantitative estimate of drug-likeness (QED) is 0.694. The van der Waals surface area contributed by atoms with Crippen LogP contribution in [0.1, 0.15) is 26.7 Å². The fraction of sp³-hybridized carbons (Fsp3) is 0.538. The molecule has 2 nitrogen and oxygen atoms in total. The molecular weight excluding hydrogens is 186 g/mol. The van der Waals surface area contributed by atoms with Crippen molar-refractivity contribution in [1.82, 2.24) is 5.32 Å². The average Bonchev–Trinajstić information content (AvgIpc) is 2.31. The molecule has 84 valence electrons. The molecule has 0 bridgehead atoms. The molecule has 0 aromatic heterocycles. The van der Waals surface area contributed by atoms with E-state index in [1.165, 1.54) is 12.8 Å². The van der Waals surface area contributed by atoms with Crippen LogP contribution in [-0.2, 0) is 0 Å². The van der Waals surface area contributed by atoms with Crippen LogP contribution in [0.2, 0.25) is 0 Å². The molecule has 1 aromatic carbocycles. The maximum Gasteiger partial charge on any atom is 0.119 e. The summed E-state index contributed by atoms with van der Waals surface area (Å²) in [7, 11) is 0. The normalized spacial score (nSPS) is 10.6. The first-order chi connectivity index (χ1) is 7.36. The van der Waals surface area contributed by atoms with Gasteiger partial charge in [0.25, 0.3) is 0 Å². The monoisotopic (exact) mass is 207 g/mol. The standard InChI is InChI=1S/C13H21NO/c1-3-12(4-2)14-10-11-15-13-8-6-5-7-9-13/h5-9,12,14H,3-4,10-11H2,1-2H3. The third-order valence-corrected chi connectivity index (χ3v) is 2.53. The first-order valence-corrected chi connectivity index (χ1v) is 5.78. The molecule has 0 spiro atoms. The summed E-state index contributed by atoms with van der Waals surface area (Å²) in [5, 5.41) is 3.46. The molecule has 0 amide bonds. The van der Waals surface area contributed by atoms with Crippen LogP contribution in [0.5, 0.6) is 5.75 Å². The largest absolute Gasteiger partial charge is 0.492 e. The van der Waals surface area contributed by atoms with E-state index >= 15 is 0 Å². The minimum Gasteiger partial charge on any atom is -0.492 e. The van der Waals surface area contributed by atoms with Crippen LogP contribution < -0.4 is 10.1 Å². The Morgan fingerprint density at radius 3 is 2.40 bits per heavy atom. The predicted molar refractivity (Wildman–Crippen MR) is 64.3 cm³/mol. The van der Waals surface area contributed by atoms with Crippen LogP contribution in [0.15, 0.2) is 30.3 Å². The van der Waals surface area contributed by atoms with Crippen LogP contribution in [0.3, 0.4) is 0 Å². The summed E-state index contributed by atoms with van der Waals surface area (Å²) in [6, 6.07) is 10.6. The van der Waals surface area contributed by atoms with Gasteiger partial charge in [-0.1, -0.05) is 32.0 Å². The van der Waals surface area contributed by atoms with Gasteiger partial charge in [-0.2, -0.15) is 0 Å². The van der Waals surface area contributed by atoms with E-state index in [4.69, 9.17) is 4.74 Å². The van der Waals surface area contributed by atoms with Crippen molar-refractivity contribution in [1.29, 1.82) is 0 Å². The average molecular weight is 207 g/mol. The lowest BCUT2D eigenvalue weighted by atomic mass is 10.2. The van der Waals surface area contributed by atoms with Gasteiger partial charge in [-0.15, -0.1) is 0 Å². The third-order valence-electron chi connectivity index (χ3n) is 2.53. The molecule has 2 heteroatoms. The highest BCUT2D eigenvalue weighted by atomic mass is 16.5. The smallest absolute Gasteiger partial charge is 0.119 e. The van der Waals surface area contributed by atoms with Crippen LogP contribution in [-0.4, -0.2) is 19.2 Å². The van der Waals surface area contributed by atoms with Gasteiger partial charge >= 0.3 is 0 Å². The number of hydrogen-bond acceptors (Lipinski definition) is 2. The summed E-state index contributed by atoms with van der Waals surface area (Å²) in [5.41, 5.74) is 0. The number of hydrogen-bond donors (Lipinski definition) is 1. The molecule has 1 N–H and O–H groups in total. The van der Waals surface area contributed by atoms with E-state index in [-0.39, 0.29) is 0 Å². The molecule has 1 rings (SSSR count). The zero-order valence-electron chi connectivity index (χ0n) is 9.70. The van der Waals surface area contributed by atoms with Crippen molar-refractivity contribution in [3.63, 3.8) is 0 Å². The van der Waals surface area contributed by atoms with Crippen molar-refractivity contribution in [3.05, 3.63) is 30.3 Å². The predicted octanol–water partition coefficient (Wildman–Crippen LogP) is 2.84. The van der Waals surface area contributed by atoms with Gasteiger partial charge in [-0.05, 0) is 25.0 Å². The van der Waals surface area contributed by atoms with Gasteiger partial charge in [0, 0.05) is 12.6 Å². The van der Waals surface area contributed by atoms with E-state index < -0.39 is 0 Å². The first-order valence-electron chi connectivity index (χ1n) is 5.78. The molecule has 1 aromatic rings. The topological polar surface area (TPSA) is 21.3 Å². The molecule has 0 atom stereocenters. The van der Waals surface area contributed by atoms with Gasteiger partial charge in [0.15, 0.2) is 0 Å². The fourth-order valence-electron chi connectivity index (χ4n) is 1.53. The molecule has 0 unspecified atom stereocenters. The summed E-state index contributed by atoms with van der Waals surface area (Å²) in [4.78, 5) is 0. The van der Waals surface area contributed by atoms with E-state index in [2.05, 4.69) is 19.2 Å². The van der Waals surface area contributed by atoms with Crippen molar-refractivity contribution >= 4 is 0 Å². The number of rotatable bonds is 7. The SMILES string of the molecule is CCC(CC)NCCOc1ccccc1. The highest BCUT2D eigenvalue weighted by Gasteiger charge is 2.00. The minimum absolute atomic E-state index is 0.629. The second-order valence-electron chi connectivity index (χ2n) is 3.63. The lowest BCUT2D eigenvalue weighted by Crippen LogP contribution is -2.31. The van der Waals surface area contributed by atoms with Crippen molar-refractivity contribution < 1.29 is 4.74 Å². The van der Waals surface area contributed by atoms with Crippen molar-refractivity contribution in [2.24, 2.45) is 0 Å². The maximum atomic E-state index is 5.58. The molecular formula is C13H21NO. The van der Waals surface area contributed by atoms with E-state index in [9.17, 15) is 0 Å². The van der Waals surface area contributed by atoms with Gasteiger partial charge < -0.3 is 10.1 Å². The molecule has 0 aliphatic heterocycles. The molecule has 0 saturated carbocycles. The van der Waals surface area contributed by atoms with Crippen molar-refractivity contribution in [3.8, 4) is 5.75 Å². The van der Waals surface area contributed by atoms with E-state index in [1.54, 1.807) is 0 Å². The van der Waals surface area contributed by atoms with Gasteiger partial charge in [0.05, 0.1) is 0 Å². The molecule has 0 fully saturated rings. The summed E-state index contributed by atoms with van der Waals surface area (Å²) in [6.45, 7) is 6.07. The first kappa shape index (κ1) is 12.1. The van der Waals surface area contributed by atoms with Gasteiger partial charge in [-0.25, -0.2) is 0 Å². The van der Waals surface area contributed by atoms with E-state index in [0.717, 1.165) is 18.9 Å². The Morgan fingerprint density at radius 2 is 1.80 bits per heavy atom. The third kappa shape index (κ3) is 4.84. The lowest BCUT2D eigenvalue weighted by Gasteiger charge is -2.14. The van der Waals surface area contributed by atoms with Gasteiger partial charge in [0.1, 0.15) is 12.4 Å². The number of nitrogens with one attached hydrogen (secondary N) is 1. The number of ether oxygens (including phenoxy) is 1. The molecule has 15 heavy (non-hydrogen) atoms. The van der Waals surface area contributed by atoms with Crippen LogP contribution in [0, 0.1) is 0 Å². The summed E-state index contributed by atoms with van der Waals surface area (Å²) >= 11 is 0. The number of benzene rings is 1. The number of para-hydroxylation sites is 1. The second kappa shape index (κ2) is 7.30. The zero-order valence-corrected chi connectivity index (χ0v) is 9.70. The molecule has 0 aliphatic rings. The van der Waals surface area contributed by atoms with E-state index in [0.29, 0.717) is 6.04 Å². The molecule has 0 radical (unpaired) electrons. The van der Waals surface area contributed by atoms with E-state index in [1.807, 2.05) is 30.3 Å². The summed E-state index contributed by atoms with van der Waals surface area (Å²) in [5.74, 6) is 0.948. The van der Waals surface area contributed by atoms with Crippen molar-refractivity contribution in [2.45, 2.75) is 32.7 Å². The van der Waals surface area contributed by atoms with Crippen LogP contribution in [0.25, 0.3) is 0 Å².